The number of nitrogens with one attached hydrogen (secondary N) is 1. The second kappa shape index (κ2) is 5.56. The molecule has 0 aliphatic heterocycles. The van der Waals surface area contributed by atoms with Gasteiger partial charge in [-0.15, -0.1) is 0 Å². The average molecular weight is 235 g/mol. The van der Waals surface area contributed by atoms with Crippen molar-refractivity contribution in [2.75, 3.05) is 11.9 Å². The second-order valence-electron chi connectivity index (χ2n) is 5.45. The predicted octanol–water partition coefficient (Wildman–Crippen LogP) is 3.70. The summed E-state index contributed by atoms with van der Waals surface area (Å²) in [6.45, 7) is 7.77. The van der Waals surface area contributed by atoms with Gasteiger partial charge in [-0.05, 0) is 31.6 Å². The molecule has 1 aliphatic rings. The number of rotatable bonds is 4. The van der Waals surface area contributed by atoms with Gasteiger partial charge in [0.1, 0.15) is 0 Å². The average Bonchev–Trinajstić information content (AvgIpc) is 2.77. The molecule has 1 aromatic rings. The van der Waals surface area contributed by atoms with Gasteiger partial charge in [-0.25, -0.2) is 4.98 Å². The summed E-state index contributed by atoms with van der Waals surface area (Å²) in [4.78, 5) is 4.43. The Morgan fingerprint density at radius 1 is 1.41 bits per heavy atom. The minimum absolute atomic E-state index is 0.639. The SMILES string of the molecule is CCNc1nccn1C1CCCCC1C(C)C. The Hall–Kier alpha value is -0.990. The summed E-state index contributed by atoms with van der Waals surface area (Å²) in [5.41, 5.74) is 0. The molecule has 0 bridgehead atoms. The fourth-order valence-corrected chi connectivity index (χ4v) is 3.14. The van der Waals surface area contributed by atoms with Crippen LogP contribution in [0.4, 0.5) is 5.95 Å². The van der Waals surface area contributed by atoms with Gasteiger partial charge in [0.15, 0.2) is 0 Å². The maximum atomic E-state index is 4.43. The van der Waals surface area contributed by atoms with E-state index in [1.165, 1.54) is 25.7 Å². The lowest BCUT2D eigenvalue weighted by molar-refractivity contribution is 0.186. The molecule has 1 N–H and O–H groups in total. The summed E-state index contributed by atoms with van der Waals surface area (Å²) in [7, 11) is 0. The minimum Gasteiger partial charge on any atom is -0.356 e. The highest BCUT2D eigenvalue weighted by atomic mass is 15.2. The zero-order valence-electron chi connectivity index (χ0n) is 11.3. The molecular formula is C14H25N3. The van der Waals surface area contributed by atoms with Gasteiger partial charge in [0, 0.05) is 25.0 Å². The van der Waals surface area contributed by atoms with E-state index in [1.54, 1.807) is 0 Å². The number of aromatic nitrogens is 2. The molecule has 1 heterocycles. The predicted molar refractivity (Wildman–Crippen MR) is 72.2 cm³/mol. The lowest BCUT2D eigenvalue weighted by atomic mass is 9.77. The zero-order valence-corrected chi connectivity index (χ0v) is 11.3. The van der Waals surface area contributed by atoms with Crippen LogP contribution in [0, 0.1) is 11.8 Å². The number of imidazole rings is 1. The third-order valence-corrected chi connectivity index (χ3v) is 4.00. The Labute approximate surface area is 105 Å². The Morgan fingerprint density at radius 3 is 2.88 bits per heavy atom. The molecule has 2 unspecified atom stereocenters. The molecule has 2 rings (SSSR count). The van der Waals surface area contributed by atoms with Crippen molar-refractivity contribution in [2.45, 2.75) is 52.5 Å². The highest BCUT2D eigenvalue weighted by Crippen LogP contribution is 2.39. The van der Waals surface area contributed by atoms with Gasteiger partial charge in [0.05, 0.1) is 0 Å². The van der Waals surface area contributed by atoms with Crippen molar-refractivity contribution in [2.24, 2.45) is 11.8 Å². The van der Waals surface area contributed by atoms with E-state index in [0.29, 0.717) is 6.04 Å². The van der Waals surface area contributed by atoms with Crippen molar-refractivity contribution < 1.29 is 0 Å². The van der Waals surface area contributed by atoms with E-state index >= 15 is 0 Å². The van der Waals surface area contributed by atoms with Crippen LogP contribution in [0.15, 0.2) is 12.4 Å². The molecule has 0 radical (unpaired) electrons. The van der Waals surface area contributed by atoms with Crippen molar-refractivity contribution in [1.29, 1.82) is 0 Å². The van der Waals surface area contributed by atoms with Crippen LogP contribution < -0.4 is 5.32 Å². The van der Waals surface area contributed by atoms with E-state index in [0.717, 1.165) is 24.3 Å². The van der Waals surface area contributed by atoms with E-state index in [9.17, 15) is 0 Å². The van der Waals surface area contributed by atoms with Crippen LogP contribution in [0.25, 0.3) is 0 Å². The van der Waals surface area contributed by atoms with Crippen LogP contribution in [0.5, 0.6) is 0 Å². The molecule has 0 aromatic carbocycles. The summed E-state index contributed by atoms with van der Waals surface area (Å²) in [5.74, 6) is 2.61. The van der Waals surface area contributed by atoms with Crippen LogP contribution in [-0.2, 0) is 0 Å². The van der Waals surface area contributed by atoms with Crippen molar-refractivity contribution in [1.82, 2.24) is 9.55 Å². The minimum atomic E-state index is 0.639. The lowest BCUT2D eigenvalue weighted by Gasteiger charge is -2.36. The molecule has 3 heteroatoms. The number of nitrogens with zero attached hydrogens (tertiary/aromatic N) is 2. The molecule has 0 spiro atoms. The fourth-order valence-electron chi connectivity index (χ4n) is 3.14. The molecule has 2 atom stereocenters. The Bertz CT molecular complexity index is 343. The van der Waals surface area contributed by atoms with Crippen LogP contribution >= 0.6 is 0 Å². The summed E-state index contributed by atoms with van der Waals surface area (Å²) >= 11 is 0. The molecule has 1 aliphatic carbocycles. The molecule has 0 amide bonds. The van der Waals surface area contributed by atoms with Crippen LogP contribution in [0.2, 0.25) is 0 Å². The van der Waals surface area contributed by atoms with E-state index < -0.39 is 0 Å². The highest BCUT2D eigenvalue weighted by molar-refractivity contribution is 5.26. The van der Waals surface area contributed by atoms with Crippen molar-refractivity contribution in [3.8, 4) is 0 Å². The standard InChI is InChI=1S/C14H25N3/c1-4-15-14-16-9-10-17(14)13-8-6-5-7-12(13)11(2)3/h9-13H,4-8H2,1-3H3,(H,15,16). The van der Waals surface area contributed by atoms with Crippen molar-refractivity contribution in [3.63, 3.8) is 0 Å². The topological polar surface area (TPSA) is 29.9 Å². The lowest BCUT2D eigenvalue weighted by Crippen LogP contribution is -2.27. The van der Waals surface area contributed by atoms with Gasteiger partial charge >= 0.3 is 0 Å². The molecule has 1 fully saturated rings. The third kappa shape index (κ3) is 2.64. The Balaban J connectivity index is 2.20. The first-order valence-corrected chi connectivity index (χ1v) is 7.00. The van der Waals surface area contributed by atoms with E-state index in [2.05, 4.69) is 41.8 Å². The first-order chi connectivity index (χ1) is 8.24. The zero-order chi connectivity index (χ0) is 12.3. The number of hydrogen-bond acceptors (Lipinski definition) is 2. The molecule has 3 nitrogen and oxygen atoms in total. The fraction of sp³-hybridized carbons (Fsp3) is 0.786. The van der Waals surface area contributed by atoms with Gasteiger partial charge in [0.25, 0.3) is 0 Å². The van der Waals surface area contributed by atoms with Gasteiger partial charge in [-0.1, -0.05) is 26.7 Å². The van der Waals surface area contributed by atoms with Gasteiger partial charge < -0.3 is 9.88 Å². The Morgan fingerprint density at radius 2 is 2.18 bits per heavy atom. The second-order valence-corrected chi connectivity index (χ2v) is 5.45. The first-order valence-electron chi connectivity index (χ1n) is 7.00. The number of anilines is 1. The van der Waals surface area contributed by atoms with Gasteiger partial charge in [0.2, 0.25) is 5.95 Å². The molecule has 0 saturated heterocycles. The van der Waals surface area contributed by atoms with E-state index in [-0.39, 0.29) is 0 Å². The molecule has 96 valence electrons. The van der Waals surface area contributed by atoms with Crippen molar-refractivity contribution in [3.05, 3.63) is 12.4 Å². The quantitative estimate of drug-likeness (QED) is 0.862. The molecule has 17 heavy (non-hydrogen) atoms. The number of hydrogen-bond donors (Lipinski definition) is 1. The summed E-state index contributed by atoms with van der Waals surface area (Å²) in [5, 5.41) is 3.36. The third-order valence-electron chi connectivity index (χ3n) is 4.00. The Kier molecular flexibility index (Phi) is 4.08. The van der Waals surface area contributed by atoms with Gasteiger partial charge in [-0.3, -0.25) is 0 Å². The molecule has 1 aromatic heterocycles. The largest absolute Gasteiger partial charge is 0.356 e. The first kappa shape index (κ1) is 12.5. The summed E-state index contributed by atoms with van der Waals surface area (Å²) in [6, 6.07) is 0.639. The molecule has 1 saturated carbocycles. The van der Waals surface area contributed by atoms with Crippen molar-refractivity contribution >= 4 is 5.95 Å². The van der Waals surface area contributed by atoms with Crippen LogP contribution in [0.3, 0.4) is 0 Å². The summed E-state index contributed by atoms with van der Waals surface area (Å²) in [6.07, 6.45) is 9.49. The summed E-state index contributed by atoms with van der Waals surface area (Å²) < 4.78 is 2.37. The van der Waals surface area contributed by atoms with Gasteiger partial charge in [-0.2, -0.15) is 0 Å². The van der Waals surface area contributed by atoms with E-state index in [1.807, 2.05) is 6.20 Å². The molecular weight excluding hydrogens is 210 g/mol. The maximum absolute atomic E-state index is 4.43. The normalized spacial score (nSPS) is 25.2. The maximum Gasteiger partial charge on any atom is 0.203 e. The highest BCUT2D eigenvalue weighted by Gasteiger charge is 2.29. The van der Waals surface area contributed by atoms with Crippen LogP contribution in [0.1, 0.15) is 52.5 Å². The monoisotopic (exact) mass is 235 g/mol. The van der Waals surface area contributed by atoms with E-state index in [4.69, 9.17) is 0 Å². The smallest absolute Gasteiger partial charge is 0.203 e. The van der Waals surface area contributed by atoms with Crippen LogP contribution in [-0.4, -0.2) is 16.1 Å².